The van der Waals surface area contributed by atoms with Gasteiger partial charge in [-0.1, -0.05) is 204 Å². The lowest BCUT2D eigenvalue weighted by atomic mass is 9.81. The molecular formula is C76H70. The van der Waals surface area contributed by atoms with E-state index >= 15 is 0 Å². The lowest BCUT2D eigenvalue weighted by Crippen LogP contribution is -2.03. The molecule has 0 amide bonds. The van der Waals surface area contributed by atoms with Gasteiger partial charge in [0.05, 0.1) is 0 Å². The van der Waals surface area contributed by atoms with Gasteiger partial charge in [-0.15, -0.1) is 0 Å². The first-order chi connectivity index (χ1) is 36.6. The number of hydrogen-bond donors (Lipinski definition) is 0. The van der Waals surface area contributed by atoms with Gasteiger partial charge in [0.15, 0.2) is 0 Å². The highest BCUT2D eigenvalue weighted by Crippen LogP contribution is 2.51. The van der Waals surface area contributed by atoms with E-state index in [9.17, 15) is 0 Å². The molecule has 0 heteroatoms. The predicted molar refractivity (Wildman–Crippen MR) is 335 cm³/mol. The van der Waals surface area contributed by atoms with Gasteiger partial charge >= 0.3 is 0 Å². The Bertz CT molecular complexity index is 4080. The van der Waals surface area contributed by atoms with Crippen LogP contribution in [-0.4, -0.2) is 0 Å². The molecule has 0 aromatic heterocycles. The fourth-order valence-corrected chi connectivity index (χ4v) is 13.5. The quantitative estimate of drug-likeness (QED) is 0.120. The van der Waals surface area contributed by atoms with Crippen molar-refractivity contribution in [1.29, 1.82) is 0 Å². The maximum Gasteiger partial charge on any atom is -0.00195 e. The Morgan fingerprint density at radius 2 is 0.461 bits per heavy atom. The smallest absolute Gasteiger partial charge is 0.00195 e. The Balaban J connectivity index is 1.17. The summed E-state index contributed by atoms with van der Waals surface area (Å²) in [7, 11) is 0. The molecule has 0 bridgehead atoms. The average Bonchev–Trinajstić information content (AvgIpc) is 4.15. The highest BCUT2D eigenvalue weighted by atomic mass is 14.3. The molecule has 13 aromatic rings. The van der Waals surface area contributed by atoms with Crippen LogP contribution in [0.15, 0.2) is 170 Å². The zero-order valence-corrected chi connectivity index (χ0v) is 46.6. The van der Waals surface area contributed by atoms with Crippen molar-refractivity contribution >= 4 is 86.2 Å². The molecule has 0 aliphatic heterocycles. The van der Waals surface area contributed by atoms with Crippen molar-refractivity contribution in [2.75, 3.05) is 0 Å². The summed E-state index contributed by atoms with van der Waals surface area (Å²) in [6.45, 7) is 28.3. The molecule has 13 aromatic carbocycles. The molecule has 13 rings (SSSR count). The van der Waals surface area contributed by atoms with E-state index in [-0.39, 0.29) is 0 Å². The zero-order chi connectivity index (χ0) is 52.6. The molecule has 0 radical (unpaired) electrons. The largest absolute Gasteiger partial charge is 0.0622 e. The lowest BCUT2D eigenvalue weighted by Gasteiger charge is -2.23. The first-order valence-electron chi connectivity index (χ1n) is 28.4. The van der Waals surface area contributed by atoms with Crippen LogP contribution in [0.25, 0.3) is 131 Å². The van der Waals surface area contributed by atoms with E-state index in [1.54, 1.807) is 0 Å². The van der Waals surface area contributed by atoms with Crippen LogP contribution in [-0.2, 0) is 0 Å². The number of hydrogen-bond acceptors (Lipinski definition) is 0. The average molecular weight is 983 g/mol. The van der Waals surface area contributed by atoms with Crippen LogP contribution in [0, 0.1) is 0 Å². The van der Waals surface area contributed by atoms with Crippen LogP contribution < -0.4 is 0 Å². The van der Waals surface area contributed by atoms with Gasteiger partial charge in [0.25, 0.3) is 0 Å². The summed E-state index contributed by atoms with van der Waals surface area (Å²) in [4.78, 5) is 0. The molecule has 0 nitrogen and oxygen atoms in total. The molecule has 0 unspecified atom stereocenters. The second-order valence-corrected chi connectivity index (χ2v) is 24.3. The highest BCUT2D eigenvalue weighted by molar-refractivity contribution is 6.41. The SMILES string of the molecule is CC(C)c1cc(C(C)C)c(-c2ccc3c(c2)c2cc4c5cc6c7cc(-c8c(C(C)C)cc(C(C)C)cc8C(C)C)ccc7c7cc(-c8ccccc8)cc(c5ccc4c4cc(-c5ccccc5)cc3c42)c76)c(C(C)C)c1. The van der Waals surface area contributed by atoms with Crippen LogP contribution in [0.5, 0.6) is 0 Å². The van der Waals surface area contributed by atoms with E-state index in [4.69, 9.17) is 0 Å². The Hall–Kier alpha value is -7.54. The molecule has 0 spiro atoms. The first kappa shape index (κ1) is 48.1. The summed E-state index contributed by atoms with van der Waals surface area (Å²) >= 11 is 0. The maximum atomic E-state index is 2.59. The Kier molecular flexibility index (Phi) is 11.4. The fraction of sp³-hybridized carbons (Fsp3) is 0.237. The highest BCUT2D eigenvalue weighted by Gasteiger charge is 2.25. The van der Waals surface area contributed by atoms with E-state index in [2.05, 4.69) is 253 Å². The van der Waals surface area contributed by atoms with E-state index < -0.39 is 0 Å². The van der Waals surface area contributed by atoms with Crippen LogP contribution in [0.2, 0.25) is 0 Å². The topological polar surface area (TPSA) is 0 Å². The number of fused-ring (bicyclic) bond motifs is 11. The van der Waals surface area contributed by atoms with Crippen LogP contribution in [0.4, 0.5) is 0 Å². The minimum absolute atomic E-state index is 0.388. The van der Waals surface area contributed by atoms with Gasteiger partial charge in [-0.05, 0) is 248 Å². The van der Waals surface area contributed by atoms with Gasteiger partial charge in [-0.2, -0.15) is 0 Å². The molecule has 0 heterocycles. The molecule has 0 saturated carbocycles. The van der Waals surface area contributed by atoms with E-state index in [1.807, 2.05) is 0 Å². The summed E-state index contributed by atoms with van der Waals surface area (Å²) in [5.41, 5.74) is 19.1. The predicted octanol–water partition coefficient (Wildman–Crippen LogP) is 23.2. The summed E-state index contributed by atoms with van der Waals surface area (Å²) in [5.74, 6) is 2.48. The Labute approximate surface area is 450 Å². The molecule has 0 aliphatic carbocycles. The Morgan fingerprint density at radius 1 is 0.197 bits per heavy atom. The molecule has 0 aliphatic rings. The van der Waals surface area contributed by atoms with Crippen LogP contribution in [0.3, 0.4) is 0 Å². The van der Waals surface area contributed by atoms with Gasteiger partial charge in [-0.3, -0.25) is 0 Å². The summed E-state index contributed by atoms with van der Waals surface area (Å²) < 4.78 is 0. The Morgan fingerprint density at radius 3 is 0.750 bits per heavy atom. The van der Waals surface area contributed by atoms with Gasteiger partial charge in [-0.25, -0.2) is 0 Å². The number of rotatable bonds is 10. The van der Waals surface area contributed by atoms with Crippen molar-refractivity contribution in [3.63, 3.8) is 0 Å². The van der Waals surface area contributed by atoms with Crippen molar-refractivity contribution < 1.29 is 0 Å². The molecule has 0 saturated heterocycles. The monoisotopic (exact) mass is 983 g/mol. The van der Waals surface area contributed by atoms with Gasteiger partial charge < -0.3 is 0 Å². The van der Waals surface area contributed by atoms with Crippen molar-refractivity contribution in [3.8, 4) is 44.5 Å². The zero-order valence-electron chi connectivity index (χ0n) is 46.6. The molecule has 374 valence electrons. The van der Waals surface area contributed by atoms with Gasteiger partial charge in [0.2, 0.25) is 0 Å². The summed E-state index contributed by atoms with van der Waals surface area (Å²) in [6, 6.07) is 66.9. The van der Waals surface area contributed by atoms with Crippen molar-refractivity contribution in [3.05, 3.63) is 203 Å². The first-order valence-corrected chi connectivity index (χ1v) is 28.4. The van der Waals surface area contributed by atoms with Crippen molar-refractivity contribution in [2.24, 2.45) is 0 Å². The van der Waals surface area contributed by atoms with E-state index in [1.165, 1.54) is 164 Å². The number of benzene rings is 11. The van der Waals surface area contributed by atoms with E-state index in [0.29, 0.717) is 35.5 Å². The van der Waals surface area contributed by atoms with E-state index in [0.717, 1.165) is 0 Å². The standard InChI is InChI=1S/C76H70/c1-41(2)51-31-59(43(5)6)73(60(32-51)44(7)8)49-23-25-55-63(29-49)71-39-65-57(69-37-53(35-67(55)75(69)71)47-19-15-13-16-20-47)27-28-58-66(65)40-72-64-30-50(74-61(45(9)10)33-52(42(3)4)34-62(74)46(11)12)24-26-56(64)68-36-54(38-70(58)76(68)72)48-21-17-14-18-22-48/h13-46H,1-12H3. The normalized spacial score (nSPS) is 12.7. The maximum absolute atomic E-state index is 2.59. The second kappa shape index (κ2) is 18.1. The third kappa shape index (κ3) is 7.45. The van der Waals surface area contributed by atoms with Crippen LogP contribution in [0.1, 0.15) is 152 Å². The molecular weight excluding hydrogens is 913 g/mol. The third-order valence-electron chi connectivity index (χ3n) is 17.5. The van der Waals surface area contributed by atoms with Crippen molar-refractivity contribution in [2.45, 2.75) is 119 Å². The van der Waals surface area contributed by atoms with Gasteiger partial charge in [0, 0.05) is 0 Å². The summed E-state index contributed by atoms with van der Waals surface area (Å²) in [6.07, 6.45) is 0. The van der Waals surface area contributed by atoms with Crippen LogP contribution >= 0.6 is 0 Å². The molecule has 0 atom stereocenters. The minimum atomic E-state index is 0.388. The van der Waals surface area contributed by atoms with Gasteiger partial charge in [0.1, 0.15) is 0 Å². The third-order valence-corrected chi connectivity index (χ3v) is 17.5. The summed E-state index contributed by atoms with van der Waals surface area (Å²) in [5, 5.41) is 21.2. The van der Waals surface area contributed by atoms with Crippen molar-refractivity contribution in [1.82, 2.24) is 0 Å². The fourth-order valence-electron chi connectivity index (χ4n) is 13.5. The molecule has 0 fully saturated rings. The second-order valence-electron chi connectivity index (χ2n) is 24.3. The molecule has 0 N–H and O–H groups in total. The lowest BCUT2D eigenvalue weighted by molar-refractivity contribution is 0.807. The minimum Gasteiger partial charge on any atom is -0.0622 e. The molecule has 76 heavy (non-hydrogen) atoms.